The van der Waals surface area contributed by atoms with Crippen LogP contribution in [0.15, 0.2) is 0 Å². The number of rotatable bonds is 5. The molecule has 0 saturated carbocycles. The number of hydrogen-bond donors (Lipinski definition) is 2. The number of carbonyl (C=O) groups excluding carboxylic acids is 2. The molecular formula is C20H21F3N8O3. The molecule has 0 aromatic carbocycles. The summed E-state index contributed by atoms with van der Waals surface area (Å²) in [5.74, 6) is 2.63. The molecule has 1 saturated heterocycles. The van der Waals surface area contributed by atoms with E-state index in [0.717, 1.165) is 4.90 Å². The highest BCUT2D eigenvalue weighted by Gasteiger charge is 2.55. The summed E-state index contributed by atoms with van der Waals surface area (Å²) < 4.78 is 44.5. The Kier molecular flexibility index (Phi) is 6.89. The minimum absolute atomic E-state index is 0.0481. The maximum Gasteiger partial charge on any atom is 0.490 e. The Labute approximate surface area is 193 Å². The average molecular weight is 478 g/mol. The van der Waals surface area contributed by atoms with Gasteiger partial charge in [0.25, 0.3) is 5.91 Å². The van der Waals surface area contributed by atoms with Crippen LogP contribution in [-0.4, -0.2) is 77.5 Å². The smallest absolute Gasteiger partial charge is 0.436 e. The molecule has 0 spiro atoms. The first kappa shape index (κ1) is 24.7. The zero-order valence-corrected chi connectivity index (χ0v) is 18.4. The Morgan fingerprint density at radius 3 is 2.56 bits per heavy atom. The van der Waals surface area contributed by atoms with Crippen molar-refractivity contribution in [2.75, 3.05) is 43.4 Å². The molecule has 3 heterocycles. The summed E-state index contributed by atoms with van der Waals surface area (Å²) in [6.07, 6.45) is -8.20. The maximum atomic E-state index is 13.5. The van der Waals surface area contributed by atoms with Crippen LogP contribution >= 0.6 is 0 Å². The number of halogens is 3. The van der Waals surface area contributed by atoms with Gasteiger partial charge in [-0.15, -0.1) is 5.92 Å². The minimum atomic E-state index is -5.37. The molecule has 14 heteroatoms. The molecule has 1 fully saturated rings. The second-order valence-corrected chi connectivity index (χ2v) is 7.52. The van der Waals surface area contributed by atoms with E-state index in [-0.39, 0.29) is 18.1 Å². The van der Waals surface area contributed by atoms with E-state index in [1.807, 2.05) is 4.90 Å². The lowest BCUT2D eigenvalue weighted by atomic mass is 9.95. The molecule has 34 heavy (non-hydrogen) atoms. The number of ether oxygens (including phenoxy) is 1. The normalized spacial score (nSPS) is 20.7. The highest BCUT2D eigenvalue weighted by Crippen LogP contribution is 2.38. The Balaban J connectivity index is 2.12. The number of carbonyl (C=O) groups is 2. The molecule has 180 valence electrons. The lowest BCUT2D eigenvalue weighted by molar-refractivity contribution is -0.206. The predicted molar refractivity (Wildman–Crippen MR) is 111 cm³/mol. The quantitative estimate of drug-likeness (QED) is 0.455. The van der Waals surface area contributed by atoms with Crippen LogP contribution in [0.3, 0.4) is 0 Å². The maximum absolute atomic E-state index is 13.5. The number of esters is 1. The van der Waals surface area contributed by atoms with Gasteiger partial charge in [-0.05, 0) is 6.92 Å². The molecule has 0 radical (unpaired) electrons. The number of amides is 1. The Morgan fingerprint density at radius 2 is 2.00 bits per heavy atom. The summed E-state index contributed by atoms with van der Waals surface area (Å²) in [5.41, 5.74) is -2.05. The number of anilines is 2. The molecule has 2 aliphatic rings. The summed E-state index contributed by atoms with van der Waals surface area (Å²) in [4.78, 5) is 32.2. The predicted octanol–water partition coefficient (Wildman–Crippen LogP) is 0.421. The lowest BCUT2D eigenvalue weighted by Crippen LogP contribution is -2.65. The molecule has 2 aliphatic heterocycles. The van der Waals surface area contributed by atoms with Gasteiger partial charge in [-0.1, -0.05) is 5.92 Å². The standard InChI is InChI=1S/C20H21F3N8O3/c1-3-4-9-31-14-15(27-18(31)30-10-7-26-8-11-30)28-19(5-6-24,29(2)16(14)32)13(12-25)34-17(33)20(21,22)23/h13,26,28H,5,7-11H2,1-2H3. The van der Waals surface area contributed by atoms with E-state index in [9.17, 15) is 33.3 Å². The van der Waals surface area contributed by atoms with Crippen LogP contribution in [0.2, 0.25) is 0 Å². The van der Waals surface area contributed by atoms with Crippen molar-refractivity contribution in [2.24, 2.45) is 0 Å². The summed E-state index contributed by atoms with van der Waals surface area (Å²) in [5, 5.41) is 24.9. The Morgan fingerprint density at radius 1 is 1.32 bits per heavy atom. The summed E-state index contributed by atoms with van der Waals surface area (Å²) in [7, 11) is 1.20. The van der Waals surface area contributed by atoms with Gasteiger partial charge in [0.15, 0.2) is 17.2 Å². The first-order valence-corrected chi connectivity index (χ1v) is 10.2. The van der Waals surface area contributed by atoms with E-state index in [4.69, 9.17) is 0 Å². The van der Waals surface area contributed by atoms with Crippen LogP contribution in [0, 0.1) is 34.5 Å². The number of aromatic nitrogens is 2. The second-order valence-electron chi connectivity index (χ2n) is 7.52. The van der Waals surface area contributed by atoms with Crippen LogP contribution in [0.1, 0.15) is 23.8 Å². The second kappa shape index (κ2) is 9.49. The van der Waals surface area contributed by atoms with Crippen molar-refractivity contribution in [3.63, 3.8) is 0 Å². The number of likely N-dealkylation sites (N-methyl/N-ethyl adjacent to an activating group) is 1. The molecule has 1 aromatic heterocycles. The van der Waals surface area contributed by atoms with Crippen LogP contribution in [0.4, 0.5) is 24.9 Å². The van der Waals surface area contributed by atoms with Gasteiger partial charge < -0.3 is 25.2 Å². The summed E-state index contributed by atoms with van der Waals surface area (Å²) >= 11 is 0. The van der Waals surface area contributed by atoms with Crippen molar-refractivity contribution in [3.8, 4) is 24.0 Å². The largest absolute Gasteiger partial charge is 0.490 e. The van der Waals surface area contributed by atoms with E-state index in [1.165, 1.54) is 13.1 Å². The van der Waals surface area contributed by atoms with Gasteiger partial charge in [-0.2, -0.15) is 28.7 Å². The van der Waals surface area contributed by atoms with Gasteiger partial charge in [0.1, 0.15) is 6.07 Å². The highest BCUT2D eigenvalue weighted by atomic mass is 19.4. The average Bonchev–Trinajstić information content (AvgIpc) is 3.17. The van der Waals surface area contributed by atoms with E-state index in [2.05, 4.69) is 32.2 Å². The molecule has 2 unspecified atom stereocenters. The highest BCUT2D eigenvalue weighted by molar-refractivity contribution is 6.01. The van der Waals surface area contributed by atoms with E-state index >= 15 is 0 Å². The number of imidazole rings is 1. The fourth-order valence-corrected chi connectivity index (χ4v) is 3.81. The van der Waals surface area contributed by atoms with Gasteiger partial charge in [0.2, 0.25) is 12.1 Å². The molecule has 2 atom stereocenters. The molecule has 3 rings (SSSR count). The number of alkyl halides is 3. The van der Waals surface area contributed by atoms with Gasteiger partial charge in [-0.3, -0.25) is 9.36 Å². The first-order chi connectivity index (χ1) is 16.1. The zero-order valence-electron chi connectivity index (χ0n) is 18.4. The number of fused-ring (bicyclic) bond motifs is 1. The number of hydrogen-bond acceptors (Lipinski definition) is 9. The Bertz CT molecular complexity index is 1120. The van der Waals surface area contributed by atoms with Crippen LogP contribution < -0.4 is 15.5 Å². The van der Waals surface area contributed by atoms with E-state index < -0.39 is 36.2 Å². The molecule has 2 N–H and O–H groups in total. The summed E-state index contributed by atoms with van der Waals surface area (Å²) in [6, 6.07) is 3.23. The third-order valence-electron chi connectivity index (χ3n) is 5.56. The van der Waals surface area contributed by atoms with Crippen LogP contribution in [-0.2, 0) is 16.1 Å². The van der Waals surface area contributed by atoms with Crippen LogP contribution in [0.5, 0.6) is 0 Å². The van der Waals surface area contributed by atoms with Gasteiger partial charge in [-0.25, -0.2) is 4.79 Å². The Hall–Kier alpha value is -3.96. The van der Waals surface area contributed by atoms with Crippen molar-refractivity contribution in [3.05, 3.63) is 5.69 Å². The van der Waals surface area contributed by atoms with Crippen molar-refractivity contribution >= 4 is 23.6 Å². The number of nitrogens with one attached hydrogen (secondary N) is 2. The first-order valence-electron chi connectivity index (χ1n) is 10.2. The topological polar surface area (TPSA) is 139 Å². The third-order valence-corrected chi connectivity index (χ3v) is 5.56. The van der Waals surface area contributed by atoms with Crippen molar-refractivity contribution in [2.45, 2.75) is 37.8 Å². The van der Waals surface area contributed by atoms with Crippen LogP contribution in [0.25, 0.3) is 0 Å². The minimum Gasteiger partial charge on any atom is -0.436 e. The lowest BCUT2D eigenvalue weighted by Gasteiger charge is -2.45. The molecule has 0 aliphatic carbocycles. The molecule has 1 aromatic rings. The van der Waals surface area contributed by atoms with Gasteiger partial charge in [0.05, 0.1) is 19.0 Å². The fraction of sp³-hybridized carbons (Fsp3) is 0.550. The van der Waals surface area contributed by atoms with E-state index in [0.29, 0.717) is 32.1 Å². The molecule has 1 amide bonds. The third kappa shape index (κ3) is 4.30. The van der Waals surface area contributed by atoms with E-state index in [1.54, 1.807) is 17.6 Å². The van der Waals surface area contributed by atoms with Gasteiger partial charge in [0, 0.05) is 33.2 Å². The number of piperazine rings is 1. The number of nitriles is 2. The molecule has 11 nitrogen and oxygen atoms in total. The monoisotopic (exact) mass is 478 g/mol. The SMILES string of the molecule is CC#CCn1c(N2CCNCC2)nc2c1C(=O)N(C)C(CC#N)(C(C#N)OC(=O)C(F)(F)F)N2. The number of nitrogens with zero attached hydrogens (tertiary/aromatic N) is 6. The summed E-state index contributed by atoms with van der Waals surface area (Å²) in [6.45, 7) is 4.22. The molecular weight excluding hydrogens is 457 g/mol. The van der Waals surface area contributed by atoms with Crippen molar-refractivity contribution in [1.29, 1.82) is 10.5 Å². The van der Waals surface area contributed by atoms with Gasteiger partial charge >= 0.3 is 12.1 Å². The zero-order chi connectivity index (χ0) is 25.1. The fourth-order valence-electron chi connectivity index (χ4n) is 3.81. The van der Waals surface area contributed by atoms with Crippen molar-refractivity contribution in [1.82, 2.24) is 19.8 Å². The molecule has 0 bridgehead atoms. The van der Waals surface area contributed by atoms with Crippen molar-refractivity contribution < 1.29 is 27.5 Å².